The average Bonchev–Trinajstić information content (AvgIpc) is 3.04. The minimum absolute atomic E-state index is 0.190. The van der Waals surface area contributed by atoms with E-state index < -0.39 is 17.5 Å². The summed E-state index contributed by atoms with van der Waals surface area (Å²) < 4.78 is 27.1. The fraction of sp³-hybridized carbons (Fsp3) is 0.353. The second-order valence-corrected chi connectivity index (χ2v) is 6.12. The Kier molecular flexibility index (Phi) is 5.66. The van der Waals surface area contributed by atoms with Crippen LogP contribution in [0.4, 0.5) is 8.78 Å². The van der Waals surface area contributed by atoms with Crippen LogP contribution < -0.4 is 5.32 Å². The van der Waals surface area contributed by atoms with Gasteiger partial charge in [-0.25, -0.2) is 8.78 Å². The second kappa shape index (κ2) is 7.49. The highest BCUT2D eigenvalue weighted by Gasteiger charge is 2.25. The van der Waals surface area contributed by atoms with Crippen molar-refractivity contribution >= 4 is 17.2 Å². The molecule has 0 radical (unpaired) electrons. The van der Waals surface area contributed by atoms with Gasteiger partial charge >= 0.3 is 0 Å². The van der Waals surface area contributed by atoms with E-state index in [9.17, 15) is 13.6 Å². The molecule has 1 amide bonds. The molecule has 5 heteroatoms. The lowest BCUT2D eigenvalue weighted by Crippen LogP contribution is -2.33. The number of nitrogens with one attached hydrogen (secondary N) is 1. The summed E-state index contributed by atoms with van der Waals surface area (Å²) in [4.78, 5) is 13.4. The van der Waals surface area contributed by atoms with Gasteiger partial charge in [0.1, 0.15) is 0 Å². The number of benzene rings is 1. The zero-order valence-electron chi connectivity index (χ0n) is 12.6. The van der Waals surface area contributed by atoms with Gasteiger partial charge in [-0.3, -0.25) is 4.79 Å². The molecule has 1 aromatic heterocycles. The van der Waals surface area contributed by atoms with Gasteiger partial charge in [0.15, 0.2) is 11.6 Å². The van der Waals surface area contributed by atoms with Gasteiger partial charge in [0.2, 0.25) is 0 Å². The van der Waals surface area contributed by atoms with Crippen molar-refractivity contribution in [3.05, 3.63) is 57.8 Å². The van der Waals surface area contributed by atoms with Crippen molar-refractivity contribution in [3.8, 4) is 0 Å². The van der Waals surface area contributed by atoms with E-state index in [-0.39, 0.29) is 17.5 Å². The van der Waals surface area contributed by atoms with Crippen molar-refractivity contribution in [1.82, 2.24) is 5.32 Å². The molecule has 0 fully saturated rings. The Balaban J connectivity index is 2.27. The van der Waals surface area contributed by atoms with E-state index in [1.807, 2.05) is 17.5 Å². The normalized spacial score (nSPS) is 12.4. The number of hydrogen-bond donors (Lipinski definition) is 1. The van der Waals surface area contributed by atoms with E-state index in [2.05, 4.69) is 19.2 Å². The molecule has 2 rings (SSSR count). The number of thiophene rings is 1. The monoisotopic (exact) mass is 323 g/mol. The Morgan fingerprint density at radius 1 is 1.18 bits per heavy atom. The molecule has 0 aliphatic carbocycles. The molecule has 0 aliphatic rings. The number of rotatable bonds is 6. The molecule has 1 atom stereocenters. The lowest BCUT2D eigenvalue weighted by Gasteiger charge is -2.25. The predicted octanol–water partition coefficient (Wildman–Crippen LogP) is 4.93. The number of hydrogen-bond acceptors (Lipinski definition) is 2. The van der Waals surface area contributed by atoms with Crippen LogP contribution in [-0.4, -0.2) is 5.91 Å². The summed E-state index contributed by atoms with van der Waals surface area (Å²) in [6.45, 7) is 4.12. The highest BCUT2D eigenvalue weighted by molar-refractivity contribution is 7.10. The smallest absolute Gasteiger partial charge is 0.254 e. The van der Waals surface area contributed by atoms with Crippen LogP contribution >= 0.6 is 11.3 Å². The van der Waals surface area contributed by atoms with Crippen LogP contribution in [-0.2, 0) is 0 Å². The van der Waals surface area contributed by atoms with Gasteiger partial charge in [-0.15, -0.1) is 11.3 Å². The molecule has 1 unspecified atom stereocenters. The van der Waals surface area contributed by atoms with Gasteiger partial charge in [-0.05, 0) is 29.5 Å². The first-order valence-corrected chi connectivity index (χ1v) is 8.24. The second-order valence-electron chi connectivity index (χ2n) is 5.14. The van der Waals surface area contributed by atoms with E-state index in [1.54, 1.807) is 11.3 Å². The van der Waals surface area contributed by atoms with Crippen molar-refractivity contribution in [3.63, 3.8) is 0 Å². The van der Waals surface area contributed by atoms with E-state index in [1.165, 1.54) is 12.1 Å². The summed E-state index contributed by atoms with van der Waals surface area (Å²) in [6, 6.07) is 7.32. The Labute approximate surface area is 133 Å². The van der Waals surface area contributed by atoms with E-state index >= 15 is 0 Å². The van der Waals surface area contributed by atoms with Crippen LogP contribution in [0.15, 0.2) is 35.7 Å². The highest BCUT2D eigenvalue weighted by Crippen LogP contribution is 2.30. The van der Waals surface area contributed by atoms with Crippen LogP contribution in [0.1, 0.15) is 48.0 Å². The van der Waals surface area contributed by atoms with Crippen molar-refractivity contribution in [2.75, 3.05) is 0 Å². The van der Waals surface area contributed by atoms with Crippen LogP contribution in [0.3, 0.4) is 0 Å². The molecule has 2 aromatic rings. The zero-order valence-corrected chi connectivity index (χ0v) is 13.4. The fourth-order valence-corrected chi connectivity index (χ4v) is 3.42. The number of carbonyl (C=O) groups excluding carboxylic acids is 1. The summed E-state index contributed by atoms with van der Waals surface area (Å²) >= 11 is 1.55. The molecule has 118 valence electrons. The molecular weight excluding hydrogens is 304 g/mol. The largest absolute Gasteiger partial charge is 0.344 e. The minimum atomic E-state index is -1.10. The predicted molar refractivity (Wildman–Crippen MR) is 85.0 cm³/mol. The van der Waals surface area contributed by atoms with Gasteiger partial charge in [0.05, 0.1) is 11.6 Å². The molecule has 2 nitrogen and oxygen atoms in total. The summed E-state index contributed by atoms with van der Waals surface area (Å²) in [7, 11) is 0. The Hall–Kier alpha value is -1.75. The number of amides is 1. The first-order valence-electron chi connectivity index (χ1n) is 7.36. The topological polar surface area (TPSA) is 29.1 Å². The fourth-order valence-electron chi connectivity index (χ4n) is 2.55. The lowest BCUT2D eigenvalue weighted by atomic mass is 9.92. The maximum Gasteiger partial charge on any atom is 0.254 e. The van der Waals surface area contributed by atoms with E-state index in [4.69, 9.17) is 0 Å². The first-order chi connectivity index (χ1) is 10.6. The molecule has 1 aromatic carbocycles. The summed E-state index contributed by atoms with van der Waals surface area (Å²) in [5, 5.41) is 4.81. The summed E-state index contributed by atoms with van der Waals surface area (Å²) in [6.07, 6.45) is 1.79. The maximum absolute atomic E-state index is 13.8. The zero-order chi connectivity index (χ0) is 16.1. The Morgan fingerprint density at radius 3 is 2.50 bits per heavy atom. The molecule has 0 saturated heterocycles. The molecule has 0 saturated carbocycles. The third-order valence-corrected chi connectivity index (χ3v) is 4.81. The van der Waals surface area contributed by atoms with Crippen molar-refractivity contribution in [2.45, 2.75) is 32.7 Å². The molecule has 22 heavy (non-hydrogen) atoms. The standard InChI is InChI=1S/C17H19F2NOS/c1-3-11(4-2)16(14-9-6-10-22-14)20-17(21)12-7-5-8-13(18)15(12)19/h5-11,16H,3-4H2,1-2H3,(H,20,21). The molecule has 0 aliphatic heterocycles. The van der Waals surface area contributed by atoms with Crippen molar-refractivity contribution in [2.24, 2.45) is 5.92 Å². The number of halogens is 2. The number of carbonyl (C=O) groups is 1. The van der Waals surface area contributed by atoms with Crippen LogP contribution in [0, 0.1) is 17.6 Å². The molecular formula is C17H19F2NOS. The van der Waals surface area contributed by atoms with Gasteiger partial charge in [-0.2, -0.15) is 0 Å². The Bertz CT molecular complexity index is 624. The quantitative estimate of drug-likeness (QED) is 0.802. The lowest BCUT2D eigenvalue weighted by molar-refractivity contribution is 0.0915. The SMILES string of the molecule is CCC(CC)C(NC(=O)c1cccc(F)c1F)c1cccs1. The third-order valence-electron chi connectivity index (χ3n) is 3.85. The highest BCUT2D eigenvalue weighted by atomic mass is 32.1. The van der Waals surface area contributed by atoms with E-state index in [0.29, 0.717) is 0 Å². The van der Waals surface area contributed by atoms with Crippen LogP contribution in [0.2, 0.25) is 0 Å². The summed E-state index contributed by atoms with van der Waals surface area (Å²) in [5.74, 6) is -2.45. The minimum Gasteiger partial charge on any atom is -0.344 e. The van der Waals surface area contributed by atoms with Gasteiger partial charge < -0.3 is 5.32 Å². The summed E-state index contributed by atoms with van der Waals surface area (Å²) in [5.41, 5.74) is -0.257. The van der Waals surface area contributed by atoms with Crippen LogP contribution in [0.25, 0.3) is 0 Å². The van der Waals surface area contributed by atoms with Crippen molar-refractivity contribution in [1.29, 1.82) is 0 Å². The molecule has 1 N–H and O–H groups in total. The van der Waals surface area contributed by atoms with Gasteiger partial charge in [-0.1, -0.05) is 38.8 Å². The van der Waals surface area contributed by atoms with Crippen LogP contribution in [0.5, 0.6) is 0 Å². The van der Waals surface area contributed by atoms with E-state index in [0.717, 1.165) is 23.8 Å². The molecule has 0 spiro atoms. The molecule has 1 heterocycles. The Morgan fingerprint density at radius 2 is 1.91 bits per heavy atom. The molecule has 0 bridgehead atoms. The average molecular weight is 323 g/mol. The first kappa shape index (κ1) is 16.6. The third kappa shape index (κ3) is 3.53. The van der Waals surface area contributed by atoms with Crippen molar-refractivity contribution < 1.29 is 13.6 Å². The van der Waals surface area contributed by atoms with Gasteiger partial charge in [0, 0.05) is 4.88 Å². The maximum atomic E-state index is 13.8. The van der Waals surface area contributed by atoms with Gasteiger partial charge in [0.25, 0.3) is 5.91 Å².